The van der Waals surface area contributed by atoms with Gasteiger partial charge in [0.2, 0.25) is 0 Å². The largest absolute Gasteiger partial charge is 0.396 e. The lowest BCUT2D eigenvalue weighted by atomic mass is 10.2. The summed E-state index contributed by atoms with van der Waals surface area (Å²) in [5.41, 5.74) is 0.584. The second-order valence-corrected chi connectivity index (χ2v) is 4.12. The molecule has 1 aromatic rings. The molecule has 0 atom stereocenters. The maximum absolute atomic E-state index is 8.57. The highest BCUT2D eigenvalue weighted by atomic mass is 35.5. The van der Waals surface area contributed by atoms with Crippen LogP contribution in [-0.4, -0.2) is 11.7 Å². The minimum absolute atomic E-state index is 0.136. The lowest BCUT2D eigenvalue weighted by molar-refractivity contribution is 0.290. The Morgan fingerprint density at radius 1 is 1.13 bits per heavy atom. The van der Waals surface area contributed by atoms with Gasteiger partial charge in [-0.1, -0.05) is 46.6 Å². The lowest BCUT2D eigenvalue weighted by Gasteiger charge is -2.00. The maximum Gasteiger partial charge on any atom is 0.0619 e. The standard InChI is InChI=1S/C11H9Cl3O/c12-8-6-10(13)9(11(14)7-8)4-2-1-3-5-15/h6-7,15H,1,3,5H2. The van der Waals surface area contributed by atoms with Crippen molar-refractivity contribution in [1.29, 1.82) is 0 Å². The van der Waals surface area contributed by atoms with Gasteiger partial charge in [-0.15, -0.1) is 0 Å². The molecule has 0 unspecified atom stereocenters. The van der Waals surface area contributed by atoms with Crippen molar-refractivity contribution < 1.29 is 5.11 Å². The molecule has 0 fully saturated rings. The maximum atomic E-state index is 8.57. The first kappa shape index (κ1) is 12.7. The molecule has 1 nitrogen and oxygen atoms in total. The Morgan fingerprint density at radius 3 is 2.27 bits per heavy atom. The van der Waals surface area contributed by atoms with Gasteiger partial charge in [-0.05, 0) is 18.6 Å². The number of aliphatic hydroxyl groups is 1. The molecule has 15 heavy (non-hydrogen) atoms. The number of hydrogen-bond acceptors (Lipinski definition) is 1. The van der Waals surface area contributed by atoms with Gasteiger partial charge in [0.05, 0.1) is 15.6 Å². The average Bonchev–Trinajstić information content (AvgIpc) is 2.15. The third kappa shape index (κ3) is 3.93. The normalized spacial score (nSPS) is 9.60. The molecule has 1 aromatic carbocycles. The fourth-order valence-corrected chi connectivity index (χ4v) is 1.89. The van der Waals surface area contributed by atoms with Crippen molar-refractivity contribution >= 4 is 34.8 Å². The number of rotatable bonds is 2. The summed E-state index contributed by atoms with van der Waals surface area (Å²) < 4.78 is 0. The van der Waals surface area contributed by atoms with Crippen LogP contribution in [0, 0.1) is 11.8 Å². The molecule has 0 spiro atoms. The molecule has 0 aliphatic heterocycles. The van der Waals surface area contributed by atoms with Crippen molar-refractivity contribution in [2.75, 3.05) is 6.61 Å². The third-order valence-electron chi connectivity index (χ3n) is 1.68. The van der Waals surface area contributed by atoms with E-state index < -0.39 is 0 Å². The van der Waals surface area contributed by atoms with E-state index in [1.54, 1.807) is 12.1 Å². The first-order valence-corrected chi connectivity index (χ1v) is 5.53. The van der Waals surface area contributed by atoms with Gasteiger partial charge < -0.3 is 5.11 Å². The number of aliphatic hydroxyl groups excluding tert-OH is 1. The van der Waals surface area contributed by atoms with E-state index in [-0.39, 0.29) is 6.61 Å². The van der Waals surface area contributed by atoms with Crippen LogP contribution >= 0.6 is 34.8 Å². The lowest BCUT2D eigenvalue weighted by Crippen LogP contribution is -1.82. The minimum Gasteiger partial charge on any atom is -0.396 e. The predicted molar refractivity (Wildman–Crippen MR) is 64.7 cm³/mol. The summed E-state index contributed by atoms with van der Waals surface area (Å²) in [6, 6.07) is 3.20. The van der Waals surface area contributed by atoms with Gasteiger partial charge in [-0.2, -0.15) is 0 Å². The zero-order valence-corrected chi connectivity index (χ0v) is 10.1. The molecule has 0 aliphatic carbocycles. The summed E-state index contributed by atoms with van der Waals surface area (Å²) in [5.74, 6) is 5.74. The molecule has 80 valence electrons. The highest BCUT2D eigenvalue weighted by Crippen LogP contribution is 2.28. The van der Waals surface area contributed by atoms with Crippen LogP contribution in [0.5, 0.6) is 0 Å². The third-order valence-corrected chi connectivity index (χ3v) is 2.49. The molecular formula is C11H9Cl3O. The summed E-state index contributed by atoms with van der Waals surface area (Å²) in [7, 11) is 0. The van der Waals surface area contributed by atoms with Crippen LogP contribution < -0.4 is 0 Å². The fraction of sp³-hybridized carbons (Fsp3) is 0.273. The van der Waals surface area contributed by atoms with Gasteiger partial charge in [0, 0.05) is 18.1 Å². The highest BCUT2D eigenvalue weighted by molar-refractivity contribution is 6.39. The molecule has 4 heteroatoms. The summed E-state index contributed by atoms with van der Waals surface area (Å²) in [6.07, 6.45) is 1.27. The average molecular weight is 264 g/mol. The molecule has 0 saturated heterocycles. The number of hydrogen-bond donors (Lipinski definition) is 1. The molecule has 0 saturated carbocycles. The second-order valence-electron chi connectivity index (χ2n) is 2.87. The molecule has 0 radical (unpaired) electrons. The summed E-state index contributed by atoms with van der Waals surface area (Å²) in [4.78, 5) is 0. The Bertz CT molecular complexity index is 381. The molecule has 0 aromatic heterocycles. The monoisotopic (exact) mass is 262 g/mol. The van der Waals surface area contributed by atoms with Gasteiger partial charge in [0.1, 0.15) is 0 Å². The SMILES string of the molecule is OCCCC#Cc1c(Cl)cc(Cl)cc1Cl. The summed E-state index contributed by atoms with van der Waals surface area (Å²) in [5, 5.41) is 9.96. The van der Waals surface area contributed by atoms with Crippen LogP contribution in [0.1, 0.15) is 18.4 Å². The molecule has 1 N–H and O–H groups in total. The van der Waals surface area contributed by atoms with E-state index >= 15 is 0 Å². The van der Waals surface area contributed by atoms with E-state index in [2.05, 4.69) is 11.8 Å². The zero-order valence-electron chi connectivity index (χ0n) is 7.86. The fourth-order valence-electron chi connectivity index (χ4n) is 0.980. The Labute approximate surface area is 104 Å². The first-order valence-electron chi connectivity index (χ1n) is 4.39. The van der Waals surface area contributed by atoms with Gasteiger partial charge in [-0.25, -0.2) is 0 Å². The van der Waals surface area contributed by atoms with E-state index in [0.717, 1.165) is 0 Å². The van der Waals surface area contributed by atoms with Crippen LogP contribution in [0.15, 0.2) is 12.1 Å². The Balaban J connectivity index is 2.88. The minimum atomic E-state index is 0.136. The Hall–Kier alpha value is -0.390. The van der Waals surface area contributed by atoms with E-state index in [4.69, 9.17) is 39.9 Å². The highest BCUT2D eigenvalue weighted by Gasteiger charge is 2.04. The van der Waals surface area contributed by atoms with Crippen LogP contribution in [0.25, 0.3) is 0 Å². The Morgan fingerprint density at radius 2 is 1.73 bits per heavy atom. The van der Waals surface area contributed by atoms with Crippen LogP contribution in [0.2, 0.25) is 15.1 Å². The van der Waals surface area contributed by atoms with Crippen molar-refractivity contribution in [3.8, 4) is 11.8 Å². The zero-order chi connectivity index (χ0) is 11.3. The number of unbranched alkanes of at least 4 members (excludes halogenated alkanes) is 1. The molecule has 0 amide bonds. The van der Waals surface area contributed by atoms with Gasteiger partial charge in [0.15, 0.2) is 0 Å². The molecule has 1 rings (SSSR count). The second kappa shape index (κ2) is 6.25. The summed E-state index contributed by atoms with van der Waals surface area (Å²) in [6.45, 7) is 0.136. The van der Waals surface area contributed by atoms with Crippen molar-refractivity contribution in [1.82, 2.24) is 0 Å². The van der Waals surface area contributed by atoms with Gasteiger partial charge in [0.25, 0.3) is 0 Å². The smallest absolute Gasteiger partial charge is 0.0619 e. The molecular weight excluding hydrogens is 254 g/mol. The molecule has 0 aliphatic rings. The topological polar surface area (TPSA) is 20.2 Å². The van der Waals surface area contributed by atoms with E-state index in [0.29, 0.717) is 33.5 Å². The van der Waals surface area contributed by atoms with Crippen LogP contribution in [-0.2, 0) is 0 Å². The van der Waals surface area contributed by atoms with Gasteiger partial charge in [-0.3, -0.25) is 0 Å². The van der Waals surface area contributed by atoms with Crippen molar-refractivity contribution in [3.63, 3.8) is 0 Å². The summed E-state index contributed by atoms with van der Waals surface area (Å²) >= 11 is 17.6. The number of halogens is 3. The quantitative estimate of drug-likeness (QED) is 0.636. The first-order chi connectivity index (χ1) is 7.15. The van der Waals surface area contributed by atoms with E-state index in [1.807, 2.05) is 0 Å². The Kier molecular flexibility index (Phi) is 5.28. The van der Waals surface area contributed by atoms with Gasteiger partial charge >= 0.3 is 0 Å². The van der Waals surface area contributed by atoms with Crippen LogP contribution in [0.3, 0.4) is 0 Å². The van der Waals surface area contributed by atoms with Crippen molar-refractivity contribution in [2.45, 2.75) is 12.8 Å². The van der Waals surface area contributed by atoms with E-state index in [1.165, 1.54) is 0 Å². The predicted octanol–water partition coefficient (Wildman–Crippen LogP) is 3.77. The van der Waals surface area contributed by atoms with Crippen molar-refractivity contribution in [3.05, 3.63) is 32.8 Å². The molecule has 0 bridgehead atoms. The van der Waals surface area contributed by atoms with Crippen LogP contribution in [0.4, 0.5) is 0 Å². The van der Waals surface area contributed by atoms with E-state index in [9.17, 15) is 0 Å². The molecule has 0 heterocycles. The van der Waals surface area contributed by atoms with Crippen molar-refractivity contribution in [2.24, 2.45) is 0 Å². The number of benzene rings is 1.